The van der Waals surface area contributed by atoms with E-state index in [1.807, 2.05) is 12.1 Å². The summed E-state index contributed by atoms with van der Waals surface area (Å²) in [7, 11) is 2.13. The maximum absolute atomic E-state index is 8.89. The van der Waals surface area contributed by atoms with Gasteiger partial charge < -0.3 is 14.7 Å². The molecule has 1 aromatic rings. The molecule has 2 rings (SSSR count). The molecule has 0 radical (unpaired) electrons. The van der Waals surface area contributed by atoms with Crippen LogP contribution in [0.3, 0.4) is 0 Å². The maximum Gasteiger partial charge on any atom is 0.213 e. The largest absolute Gasteiger partial charge is 0.474 e. The van der Waals surface area contributed by atoms with E-state index in [0.717, 1.165) is 31.5 Å². The van der Waals surface area contributed by atoms with Crippen LogP contribution in [0.5, 0.6) is 5.88 Å². The van der Waals surface area contributed by atoms with Crippen LogP contribution in [0.15, 0.2) is 18.3 Å². The number of piperidine rings is 1. The van der Waals surface area contributed by atoms with Gasteiger partial charge in [0.2, 0.25) is 5.88 Å². The Morgan fingerprint density at radius 1 is 1.44 bits per heavy atom. The number of rotatable bonds is 3. The highest BCUT2D eigenvalue weighted by Crippen LogP contribution is 2.16. The second-order valence-electron chi connectivity index (χ2n) is 4.28. The van der Waals surface area contributed by atoms with Crippen molar-refractivity contribution in [1.29, 1.82) is 0 Å². The average Bonchev–Trinajstić information content (AvgIpc) is 2.33. The van der Waals surface area contributed by atoms with Crippen LogP contribution in [0.4, 0.5) is 0 Å². The molecule has 1 aliphatic heterocycles. The number of aromatic nitrogens is 1. The molecule has 0 unspecified atom stereocenters. The predicted octanol–water partition coefficient (Wildman–Crippen LogP) is 1.05. The minimum atomic E-state index is 0.0293. The summed E-state index contributed by atoms with van der Waals surface area (Å²) in [5.41, 5.74) is 0.815. The third-order valence-electron chi connectivity index (χ3n) is 2.93. The molecule has 2 heterocycles. The van der Waals surface area contributed by atoms with Crippen LogP contribution >= 0.6 is 0 Å². The van der Waals surface area contributed by atoms with E-state index >= 15 is 0 Å². The molecule has 1 aliphatic rings. The Morgan fingerprint density at radius 3 is 2.75 bits per heavy atom. The molecule has 1 N–H and O–H groups in total. The first-order valence-corrected chi connectivity index (χ1v) is 5.69. The Kier molecular flexibility index (Phi) is 3.74. The van der Waals surface area contributed by atoms with Gasteiger partial charge in [-0.3, -0.25) is 0 Å². The minimum Gasteiger partial charge on any atom is -0.474 e. The lowest BCUT2D eigenvalue weighted by atomic mass is 10.1. The van der Waals surface area contributed by atoms with E-state index in [0.29, 0.717) is 5.88 Å². The summed E-state index contributed by atoms with van der Waals surface area (Å²) in [6.07, 6.45) is 4.05. The zero-order valence-corrected chi connectivity index (χ0v) is 9.59. The molecular formula is C12H18N2O2. The molecule has 1 fully saturated rings. The van der Waals surface area contributed by atoms with Crippen molar-refractivity contribution in [3.05, 3.63) is 23.9 Å². The van der Waals surface area contributed by atoms with Gasteiger partial charge in [0.05, 0.1) is 6.61 Å². The summed E-state index contributed by atoms with van der Waals surface area (Å²) in [6.45, 7) is 2.19. The van der Waals surface area contributed by atoms with Crippen LogP contribution in [0, 0.1) is 0 Å². The number of hydrogen-bond acceptors (Lipinski definition) is 4. The number of nitrogens with zero attached hydrogens (tertiary/aromatic N) is 2. The number of hydrogen-bond donors (Lipinski definition) is 1. The smallest absolute Gasteiger partial charge is 0.213 e. The summed E-state index contributed by atoms with van der Waals surface area (Å²) in [5.74, 6) is 0.659. The molecule has 88 valence electrons. The van der Waals surface area contributed by atoms with Crippen molar-refractivity contribution in [2.45, 2.75) is 25.6 Å². The van der Waals surface area contributed by atoms with E-state index < -0.39 is 0 Å². The summed E-state index contributed by atoms with van der Waals surface area (Å²) in [4.78, 5) is 6.47. The van der Waals surface area contributed by atoms with Crippen LogP contribution in [0.2, 0.25) is 0 Å². The molecule has 0 aromatic carbocycles. The fourth-order valence-corrected chi connectivity index (χ4v) is 1.85. The summed E-state index contributed by atoms with van der Waals surface area (Å²) < 4.78 is 5.78. The van der Waals surface area contributed by atoms with Gasteiger partial charge >= 0.3 is 0 Å². The first-order chi connectivity index (χ1) is 7.78. The van der Waals surface area contributed by atoms with Crippen LogP contribution in [0.25, 0.3) is 0 Å². The zero-order valence-electron chi connectivity index (χ0n) is 9.59. The second-order valence-corrected chi connectivity index (χ2v) is 4.28. The van der Waals surface area contributed by atoms with E-state index in [9.17, 15) is 0 Å². The molecule has 0 spiro atoms. The van der Waals surface area contributed by atoms with Crippen LogP contribution in [-0.2, 0) is 6.61 Å². The topological polar surface area (TPSA) is 45.6 Å². The Balaban J connectivity index is 1.88. The average molecular weight is 222 g/mol. The number of likely N-dealkylation sites (tertiary alicyclic amines) is 1. The van der Waals surface area contributed by atoms with Gasteiger partial charge in [0, 0.05) is 25.4 Å². The second kappa shape index (κ2) is 5.27. The van der Waals surface area contributed by atoms with Crippen LogP contribution in [-0.4, -0.2) is 41.2 Å². The maximum atomic E-state index is 8.89. The Bertz CT molecular complexity index is 318. The van der Waals surface area contributed by atoms with E-state index in [2.05, 4.69) is 16.9 Å². The van der Waals surface area contributed by atoms with Crippen molar-refractivity contribution in [3.8, 4) is 5.88 Å². The summed E-state index contributed by atoms with van der Waals surface area (Å²) in [6, 6.07) is 3.67. The monoisotopic (exact) mass is 222 g/mol. The molecule has 0 aliphatic carbocycles. The van der Waals surface area contributed by atoms with Gasteiger partial charge in [0.15, 0.2) is 0 Å². The molecule has 0 saturated carbocycles. The first kappa shape index (κ1) is 11.4. The lowest BCUT2D eigenvalue weighted by Gasteiger charge is -2.28. The molecule has 1 aromatic heterocycles. The Hall–Kier alpha value is -1.13. The molecule has 16 heavy (non-hydrogen) atoms. The van der Waals surface area contributed by atoms with Gasteiger partial charge in [0.25, 0.3) is 0 Å². The third-order valence-corrected chi connectivity index (χ3v) is 2.93. The highest BCUT2D eigenvalue weighted by atomic mass is 16.5. The van der Waals surface area contributed by atoms with E-state index in [-0.39, 0.29) is 12.7 Å². The van der Waals surface area contributed by atoms with Crippen molar-refractivity contribution in [2.24, 2.45) is 0 Å². The fraction of sp³-hybridized carbons (Fsp3) is 0.583. The lowest BCUT2D eigenvalue weighted by molar-refractivity contribution is 0.110. The van der Waals surface area contributed by atoms with Gasteiger partial charge in [0.1, 0.15) is 6.10 Å². The normalized spacial score (nSPS) is 18.6. The van der Waals surface area contributed by atoms with E-state index in [1.54, 1.807) is 6.20 Å². The van der Waals surface area contributed by atoms with Gasteiger partial charge in [-0.25, -0.2) is 4.98 Å². The number of aliphatic hydroxyl groups is 1. The standard InChI is InChI=1S/C12H18N2O2/c1-14-6-4-11(5-7-14)16-12-3-2-10(9-15)8-13-12/h2-3,8,11,15H,4-7,9H2,1H3. The summed E-state index contributed by atoms with van der Waals surface area (Å²) >= 11 is 0. The predicted molar refractivity (Wildman–Crippen MR) is 61.3 cm³/mol. The van der Waals surface area contributed by atoms with Crippen molar-refractivity contribution in [3.63, 3.8) is 0 Å². The zero-order chi connectivity index (χ0) is 11.4. The van der Waals surface area contributed by atoms with Gasteiger partial charge in [-0.05, 0) is 31.5 Å². The van der Waals surface area contributed by atoms with Crippen molar-refractivity contribution in [2.75, 3.05) is 20.1 Å². The Labute approximate surface area is 95.9 Å². The van der Waals surface area contributed by atoms with Gasteiger partial charge in [-0.2, -0.15) is 0 Å². The molecular weight excluding hydrogens is 204 g/mol. The van der Waals surface area contributed by atoms with Gasteiger partial charge in [-0.1, -0.05) is 0 Å². The molecule has 0 bridgehead atoms. The van der Waals surface area contributed by atoms with E-state index in [1.165, 1.54) is 0 Å². The number of aliphatic hydroxyl groups excluding tert-OH is 1. The molecule has 0 atom stereocenters. The fourth-order valence-electron chi connectivity index (χ4n) is 1.85. The molecule has 0 amide bonds. The number of pyridine rings is 1. The lowest BCUT2D eigenvalue weighted by Crippen LogP contribution is -2.35. The van der Waals surface area contributed by atoms with Crippen molar-refractivity contribution in [1.82, 2.24) is 9.88 Å². The van der Waals surface area contributed by atoms with Crippen molar-refractivity contribution >= 4 is 0 Å². The quantitative estimate of drug-likeness (QED) is 0.830. The molecule has 4 nitrogen and oxygen atoms in total. The molecule has 1 saturated heterocycles. The van der Waals surface area contributed by atoms with Gasteiger partial charge in [-0.15, -0.1) is 0 Å². The SMILES string of the molecule is CN1CCC(Oc2ccc(CO)cn2)CC1. The highest BCUT2D eigenvalue weighted by Gasteiger charge is 2.18. The molecule has 4 heteroatoms. The third kappa shape index (κ3) is 2.93. The van der Waals surface area contributed by atoms with Crippen molar-refractivity contribution < 1.29 is 9.84 Å². The van der Waals surface area contributed by atoms with E-state index in [4.69, 9.17) is 9.84 Å². The van der Waals surface area contributed by atoms with Crippen LogP contribution < -0.4 is 4.74 Å². The van der Waals surface area contributed by atoms with Crippen LogP contribution in [0.1, 0.15) is 18.4 Å². The minimum absolute atomic E-state index is 0.0293. The Morgan fingerprint density at radius 2 is 2.19 bits per heavy atom. The summed E-state index contributed by atoms with van der Waals surface area (Å²) in [5, 5.41) is 8.89. The number of ether oxygens (including phenoxy) is 1. The first-order valence-electron chi connectivity index (χ1n) is 5.69. The highest BCUT2D eigenvalue weighted by molar-refractivity contribution is 5.17.